The molecule has 0 bridgehead atoms. The number of allylic oxidation sites excluding steroid dienone is 1. The molecule has 1 heterocycles. The number of hydrogen-bond acceptors (Lipinski definition) is 2. The minimum atomic E-state index is -4.06. The van der Waals surface area contributed by atoms with Crippen molar-refractivity contribution in [2.75, 3.05) is 13.1 Å². The standard InChI is InChI=1S/C8H16NO3P/c1-2-8(13(10,11)12)9-6-4-3-5-7-9/h2H,3-7H2,1H3,(H2,10,11,12). The maximum absolute atomic E-state index is 11.0. The van der Waals surface area contributed by atoms with Gasteiger partial charge in [-0.15, -0.1) is 0 Å². The predicted octanol–water partition coefficient (Wildman–Crippen LogP) is 1.51. The minimum Gasteiger partial charge on any atom is -0.365 e. The molecule has 0 unspecified atom stereocenters. The molecule has 0 aromatic rings. The fourth-order valence-electron chi connectivity index (χ4n) is 1.66. The molecule has 1 saturated heterocycles. The lowest BCUT2D eigenvalue weighted by Gasteiger charge is -2.30. The summed E-state index contributed by atoms with van der Waals surface area (Å²) in [6.45, 7) is 3.21. The van der Waals surface area contributed by atoms with Crippen LogP contribution >= 0.6 is 7.60 Å². The van der Waals surface area contributed by atoms with Crippen molar-refractivity contribution in [2.24, 2.45) is 0 Å². The van der Waals surface area contributed by atoms with E-state index in [-0.39, 0.29) is 5.44 Å². The molecule has 4 nitrogen and oxygen atoms in total. The van der Waals surface area contributed by atoms with E-state index < -0.39 is 7.60 Å². The van der Waals surface area contributed by atoms with E-state index in [9.17, 15) is 4.57 Å². The Bertz CT molecular complexity index is 240. The number of hydrogen-bond donors (Lipinski definition) is 2. The number of rotatable bonds is 2. The molecule has 0 aromatic carbocycles. The molecule has 0 atom stereocenters. The Balaban J connectivity index is 2.72. The van der Waals surface area contributed by atoms with Crippen LogP contribution in [0.3, 0.4) is 0 Å². The SMILES string of the molecule is CC=C(N1CCCCC1)P(=O)(O)O. The number of piperidine rings is 1. The largest absolute Gasteiger partial charge is 0.371 e. The van der Waals surface area contributed by atoms with Crippen molar-refractivity contribution in [1.29, 1.82) is 0 Å². The molecule has 0 saturated carbocycles. The smallest absolute Gasteiger partial charge is 0.365 e. The molecular weight excluding hydrogens is 189 g/mol. The lowest BCUT2D eigenvalue weighted by atomic mass is 10.1. The van der Waals surface area contributed by atoms with Crippen LogP contribution < -0.4 is 0 Å². The fraction of sp³-hybridized carbons (Fsp3) is 0.750. The van der Waals surface area contributed by atoms with Gasteiger partial charge in [-0.1, -0.05) is 6.08 Å². The highest BCUT2D eigenvalue weighted by Gasteiger charge is 2.26. The van der Waals surface area contributed by atoms with Crippen molar-refractivity contribution in [1.82, 2.24) is 4.90 Å². The summed E-state index contributed by atoms with van der Waals surface area (Å²) in [7, 11) is -4.06. The predicted molar refractivity (Wildman–Crippen MR) is 51.2 cm³/mol. The van der Waals surface area contributed by atoms with E-state index in [1.165, 1.54) is 6.08 Å². The van der Waals surface area contributed by atoms with Gasteiger partial charge in [0, 0.05) is 13.1 Å². The first-order valence-electron chi connectivity index (χ1n) is 4.53. The molecular formula is C8H16NO3P. The van der Waals surface area contributed by atoms with Gasteiger partial charge in [-0.25, -0.2) is 0 Å². The average molecular weight is 205 g/mol. The zero-order chi connectivity index (χ0) is 9.90. The second kappa shape index (κ2) is 4.27. The van der Waals surface area contributed by atoms with Crippen molar-refractivity contribution in [3.63, 3.8) is 0 Å². The van der Waals surface area contributed by atoms with Crippen molar-refractivity contribution in [2.45, 2.75) is 26.2 Å². The van der Waals surface area contributed by atoms with Crippen LogP contribution in [0.2, 0.25) is 0 Å². The van der Waals surface area contributed by atoms with Gasteiger partial charge in [0.05, 0.1) is 0 Å². The van der Waals surface area contributed by atoms with Crippen LogP contribution in [-0.2, 0) is 4.57 Å². The van der Waals surface area contributed by atoms with Crippen LogP contribution in [0, 0.1) is 0 Å². The molecule has 1 fully saturated rings. The first-order valence-corrected chi connectivity index (χ1v) is 6.14. The monoisotopic (exact) mass is 205 g/mol. The van der Waals surface area contributed by atoms with E-state index in [0.29, 0.717) is 0 Å². The maximum Gasteiger partial charge on any atom is 0.371 e. The van der Waals surface area contributed by atoms with E-state index in [1.807, 2.05) is 0 Å². The highest BCUT2D eigenvalue weighted by Crippen LogP contribution is 2.47. The van der Waals surface area contributed by atoms with Crippen molar-refractivity contribution < 1.29 is 14.4 Å². The Labute approximate surface area is 78.4 Å². The van der Waals surface area contributed by atoms with Gasteiger partial charge < -0.3 is 14.7 Å². The molecule has 0 radical (unpaired) electrons. The Kier molecular flexibility index (Phi) is 3.54. The summed E-state index contributed by atoms with van der Waals surface area (Å²) in [5.41, 5.74) is 0.187. The molecule has 5 heteroatoms. The van der Waals surface area contributed by atoms with Crippen LogP contribution in [0.4, 0.5) is 0 Å². The summed E-state index contributed by atoms with van der Waals surface area (Å²) in [5.74, 6) is 0. The number of nitrogens with zero attached hydrogens (tertiary/aromatic N) is 1. The third-order valence-corrected chi connectivity index (χ3v) is 3.37. The summed E-state index contributed by atoms with van der Waals surface area (Å²) >= 11 is 0. The maximum atomic E-state index is 11.0. The van der Waals surface area contributed by atoms with Crippen LogP contribution in [0.25, 0.3) is 0 Å². The molecule has 1 rings (SSSR count). The highest BCUT2D eigenvalue weighted by atomic mass is 31.2. The van der Waals surface area contributed by atoms with Crippen molar-refractivity contribution in [3.05, 3.63) is 11.5 Å². The zero-order valence-electron chi connectivity index (χ0n) is 7.81. The van der Waals surface area contributed by atoms with Gasteiger partial charge in [0.25, 0.3) is 0 Å². The van der Waals surface area contributed by atoms with E-state index in [4.69, 9.17) is 9.79 Å². The molecule has 0 aromatic heterocycles. The number of likely N-dealkylation sites (tertiary alicyclic amines) is 1. The van der Waals surface area contributed by atoms with Gasteiger partial charge in [-0.3, -0.25) is 4.57 Å². The lowest BCUT2D eigenvalue weighted by Crippen LogP contribution is -2.28. The van der Waals surface area contributed by atoms with Gasteiger partial charge in [-0.05, 0) is 26.2 Å². The fourth-order valence-corrected chi connectivity index (χ4v) is 2.56. The second-order valence-corrected chi connectivity index (χ2v) is 4.78. The molecule has 13 heavy (non-hydrogen) atoms. The minimum absolute atomic E-state index is 0.187. The van der Waals surface area contributed by atoms with Gasteiger partial charge in [0.1, 0.15) is 5.44 Å². The second-order valence-electron chi connectivity index (χ2n) is 3.24. The zero-order valence-corrected chi connectivity index (χ0v) is 8.70. The molecule has 1 aliphatic rings. The summed E-state index contributed by atoms with van der Waals surface area (Å²) in [5, 5.41) is 0. The Morgan fingerprint density at radius 3 is 2.23 bits per heavy atom. The molecule has 0 amide bonds. The van der Waals surface area contributed by atoms with Gasteiger partial charge in [-0.2, -0.15) is 0 Å². The van der Waals surface area contributed by atoms with Crippen LogP contribution in [0.1, 0.15) is 26.2 Å². The van der Waals surface area contributed by atoms with Gasteiger partial charge in [0.2, 0.25) is 0 Å². The van der Waals surface area contributed by atoms with Crippen molar-refractivity contribution >= 4 is 7.60 Å². The third kappa shape index (κ3) is 2.83. The van der Waals surface area contributed by atoms with Crippen LogP contribution in [0.5, 0.6) is 0 Å². The van der Waals surface area contributed by atoms with Crippen LogP contribution in [-0.4, -0.2) is 27.8 Å². The van der Waals surface area contributed by atoms with E-state index >= 15 is 0 Å². The topological polar surface area (TPSA) is 60.8 Å². The first-order chi connectivity index (χ1) is 6.05. The third-order valence-electron chi connectivity index (χ3n) is 2.24. The molecule has 2 N–H and O–H groups in total. The normalized spacial score (nSPS) is 20.5. The first kappa shape index (κ1) is 10.8. The summed E-state index contributed by atoms with van der Waals surface area (Å²) in [4.78, 5) is 19.9. The highest BCUT2D eigenvalue weighted by molar-refractivity contribution is 7.56. The quantitative estimate of drug-likeness (QED) is 0.671. The molecule has 0 aliphatic carbocycles. The van der Waals surface area contributed by atoms with Crippen molar-refractivity contribution in [3.8, 4) is 0 Å². The van der Waals surface area contributed by atoms with Gasteiger partial charge in [0.15, 0.2) is 0 Å². The summed E-state index contributed by atoms with van der Waals surface area (Å²) in [6.07, 6.45) is 4.73. The molecule has 1 aliphatic heterocycles. The Morgan fingerprint density at radius 2 is 1.85 bits per heavy atom. The summed E-state index contributed by atoms with van der Waals surface area (Å²) < 4.78 is 11.0. The molecule has 76 valence electrons. The van der Waals surface area contributed by atoms with E-state index in [1.54, 1.807) is 11.8 Å². The Hall–Kier alpha value is -0.310. The average Bonchev–Trinajstić information content (AvgIpc) is 2.05. The lowest BCUT2D eigenvalue weighted by molar-refractivity contribution is 0.278. The molecule has 0 spiro atoms. The summed E-state index contributed by atoms with van der Waals surface area (Å²) in [6, 6.07) is 0. The van der Waals surface area contributed by atoms with Crippen LogP contribution in [0.15, 0.2) is 11.5 Å². The van der Waals surface area contributed by atoms with E-state index in [2.05, 4.69) is 0 Å². The Morgan fingerprint density at radius 1 is 1.31 bits per heavy atom. The van der Waals surface area contributed by atoms with E-state index in [0.717, 1.165) is 32.4 Å². The van der Waals surface area contributed by atoms with Gasteiger partial charge >= 0.3 is 7.60 Å².